The van der Waals surface area contributed by atoms with E-state index in [9.17, 15) is 13.6 Å². The second-order valence-electron chi connectivity index (χ2n) is 5.45. The molecule has 26 heavy (non-hydrogen) atoms. The van der Waals surface area contributed by atoms with Gasteiger partial charge in [0.2, 0.25) is 0 Å². The zero-order chi connectivity index (χ0) is 18.5. The molecule has 8 heteroatoms. The SMILES string of the molecule is COc1cc(C2SCCS2)ccc1OCC(=O)Nc1ccc(F)c(F)c1. The number of rotatable bonds is 6. The highest BCUT2D eigenvalue weighted by Crippen LogP contribution is 2.46. The molecule has 1 amide bonds. The Morgan fingerprint density at radius 3 is 2.58 bits per heavy atom. The standard InChI is InChI=1S/C18H17F2NO3S2/c1-23-16-8-11(18-25-6-7-26-18)2-5-15(16)24-10-17(22)21-12-3-4-13(19)14(20)9-12/h2-5,8-9,18H,6-7,10H2,1H3,(H,21,22). The van der Waals surface area contributed by atoms with Gasteiger partial charge < -0.3 is 14.8 Å². The maximum Gasteiger partial charge on any atom is 0.262 e. The summed E-state index contributed by atoms with van der Waals surface area (Å²) in [4.78, 5) is 12.0. The van der Waals surface area contributed by atoms with E-state index in [0.717, 1.165) is 29.2 Å². The zero-order valence-electron chi connectivity index (χ0n) is 14.0. The van der Waals surface area contributed by atoms with Gasteiger partial charge in [-0.3, -0.25) is 4.79 Å². The monoisotopic (exact) mass is 397 g/mol. The fourth-order valence-corrected chi connectivity index (χ4v) is 5.25. The van der Waals surface area contributed by atoms with Gasteiger partial charge in [0.1, 0.15) is 0 Å². The maximum atomic E-state index is 13.2. The van der Waals surface area contributed by atoms with Crippen LogP contribution in [0.25, 0.3) is 0 Å². The van der Waals surface area contributed by atoms with Gasteiger partial charge in [-0.25, -0.2) is 8.78 Å². The van der Waals surface area contributed by atoms with Crippen molar-refractivity contribution in [2.24, 2.45) is 0 Å². The molecule has 1 heterocycles. The van der Waals surface area contributed by atoms with Gasteiger partial charge in [0.05, 0.1) is 11.7 Å². The first-order valence-corrected chi connectivity index (χ1v) is 9.95. The fourth-order valence-electron chi connectivity index (χ4n) is 2.42. The van der Waals surface area contributed by atoms with Gasteiger partial charge in [-0.1, -0.05) is 6.07 Å². The molecule has 4 nitrogen and oxygen atoms in total. The third-order valence-corrected chi connectivity index (χ3v) is 6.75. The van der Waals surface area contributed by atoms with Crippen molar-refractivity contribution in [3.63, 3.8) is 0 Å². The number of halogens is 2. The van der Waals surface area contributed by atoms with E-state index in [1.807, 2.05) is 35.7 Å². The number of ether oxygens (including phenoxy) is 2. The molecule has 1 fully saturated rings. The second-order valence-corrected chi connectivity index (χ2v) is 8.17. The summed E-state index contributed by atoms with van der Waals surface area (Å²) in [5, 5.41) is 2.46. The molecule has 2 aromatic carbocycles. The number of thioether (sulfide) groups is 2. The Balaban J connectivity index is 1.61. The Bertz CT molecular complexity index is 798. The molecular formula is C18H17F2NO3S2. The van der Waals surface area contributed by atoms with Crippen molar-refractivity contribution < 1.29 is 23.0 Å². The van der Waals surface area contributed by atoms with Crippen molar-refractivity contribution in [3.05, 3.63) is 53.6 Å². The van der Waals surface area contributed by atoms with Crippen molar-refractivity contribution in [2.75, 3.05) is 30.5 Å². The lowest BCUT2D eigenvalue weighted by molar-refractivity contribution is -0.118. The van der Waals surface area contributed by atoms with Crippen LogP contribution < -0.4 is 14.8 Å². The lowest BCUT2D eigenvalue weighted by atomic mass is 10.2. The van der Waals surface area contributed by atoms with Crippen molar-refractivity contribution in [1.29, 1.82) is 0 Å². The molecule has 0 atom stereocenters. The van der Waals surface area contributed by atoms with Crippen LogP contribution in [0.5, 0.6) is 11.5 Å². The van der Waals surface area contributed by atoms with Gasteiger partial charge in [0.25, 0.3) is 5.91 Å². The van der Waals surface area contributed by atoms with Crippen molar-refractivity contribution in [2.45, 2.75) is 4.58 Å². The molecule has 1 saturated heterocycles. The van der Waals surface area contributed by atoms with Gasteiger partial charge in [-0.05, 0) is 29.8 Å². The third-order valence-electron chi connectivity index (χ3n) is 3.64. The molecule has 2 aromatic rings. The molecule has 1 N–H and O–H groups in total. The maximum absolute atomic E-state index is 13.2. The molecule has 1 aliphatic rings. The minimum Gasteiger partial charge on any atom is -0.493 e. The Kier molecular flexibility index (Phi) is 6.26. The molecule has 1 aliphatic heterocycles. The van der Waals surface area contributed by atoms with Gasteiger partial charge in [-0.15, -0.1) is 23.5 Å². The van der Waals surface area contributed by atoms with Crippen LogP contribution in [0.3, 0.4) is 0 Å². The largest absolute Gasteiger partial charge is 0.493 e. The van der Waals surface area contributed by atoms with E-state index in [-0.39, 0.29) is 12.3 Å². The normalized spacial score (nSPS) is 14.3. The van der Waals surface area contributed by atoms with Crippen LogP contribution in [-0.4, -0.2) is 31.1 Å². The van der Waals surface area contributed by atoms with Crippen molar-refractivity contribution in [1.82, 2.24) is 0 Å². The molecule has 0 aliphatic carbocycles. The lowest BCUT2D eigenvalue weighted by Crippen LogP contribution is -2.20. The Labute approximate surface area is 158 Å². The van der Waals surface area contributed by atoms with E-state index in [1.54, 1.807) is 13.2 Å². The van der Waals surface area contributed by atoms with Crippen LogP contribution in [0.15, 0.2) is 36.4 Å². The Hall–Kier alpha value is -1.93. The van der Waals surface area contributed by atoms with Crippen molar-refractivity contribution >= 4 is 35.1 Å². The minimum atomic E-state index is -1.02. The van der Waals surface area contributed by atoms with Crippen LogP contribution in [0.2, 0.25) is 0 Å². The van der Waals surface area contributed by atoms with Gasteiger partial charge in [-0.2, -0.15) is 0 Å². The van der Waals surface area contributed by atoms with E-state index in [0.29, 0.717) is 16.1 Å². The van der Waals surface area contributed by atoms with Gasteiger partial charge in [0, 0.05) is 23.3 Å². The number of nitrogens with one attached hydrogen (secondary N) is 1. The number of hydrogen-bond donors (Lipinski definition) is 1. The summed E-state index contributed by atoms with van der Waals surface area (Å²) < 4.78 is 37.3. The van der Waals surface area contributed by atoms with Crippen molar-refractivity contribution in [3.8, 4) is 11.5 Å². The quantitative estimate of drug-likeness (QED) is 0.779. The van der Waals surface area contributed by atoms with E-state index in [1.165, 1.54) is 6.07 Å². The summed E-state index contributed by atoms with van der Waals surface area (Å²) in [7, 11) is 1.54. The summed E-state index contributed by atoms with van der Waals surface area (Å²) in [6, 6.07) is 8.80. The number of benzene rings is 2. The molecule has 0 radical (unpaired) electrons. The highest BCUT2D eigenvalue weighted by Gasteiger charge is 2.20. The number of carbonyl (C=O) groups excluding carboxylic acids is 1. The molecule has 3 rings (SSSR count). The highest BCUT2D eigenvalue weighted by molar-refractivity contribution is 8.19. The Morgan fingerprint density at radius 1 is 1.12 bits per heavy atom. The van der Waals surface area contributed by atoms with Gasteiger partial charge in [0.15, 0.2) is 29.7 Å². The molecule has 138 valence electrons. The topological polar surface area (TPSA) is 47.6 Å². The highest BCUT2D eigenvalue weighted by atomic mass is 32.2. The average Bonchev–Trinajstić information content (AvgIpc) is 3.17. The van der Waals surface area contributed by atoms with E-state index >= 15 is 0 Å². The summed E-state index contributed by atoms with van der Waals surface area (Å²) in [6.07, 6.45) is 0. The fraction of sp³-hybridized carbons (Fsp3) is 0.278. The molecule has 0 spiro atoms. The third kappa shape index (κ3) is 4.62. The van der Waals surface area contributed by atoms with Gasteiger partial charge >= 0.3 is 0 Å². The number of methoxy groups -OCH3 is 1. The first kappa shape index (κ1) is 18.8. The van der Waals surface area contributed by atoms with Crippen LogP contribution in [0.4, 0.5) is 14.5 Å². The summed E-state index contributed by atoms with van der Waals surface area (Å²) in [5.74, 6) is 0.774. The zero-order valence-corrected chi connectivity index (χ0v) is 15.6. The first-order chi connectivity index (χ1) is 12.6. The van der Waals surface area contributed by atoms with Crippen LogP contribution in [0.1, 0.15) is 10.1 Å². The number of carbonyl (C=O) groups is 1. The molecular weight excluding hydrogens is 380 g/mol. The van der Waals surface area contributed by atoms with E-state index in [4.69, 9.17) is 9.47 Å². The molecule has 0 unspecified atom stereocenters. The van der Waals surface area contributed by atoms with E-state index < -0.39 is 17.5 Å². The Morgan fingerprint density at radius 2 is 1.88 bits per heavy atom. The molecule has 0 aromatic heterocycles. The number of hydrogen-bond acceptors (Lipinski definition) is 5. The smallest absolute Gasteiger partial charge is 0.262 e. The summed E-state index contributed by atoms with van der Waals surface area (Å²) >= 11 is 3.77. The minimum absolute atomic E-state index is 0.162. The van der Waals surface area contributed by atoms with Crippen LogP contribution in [0, 0.1) is 11.6 Å². The van der Waals surface area contributed by atoms with E-state index in [2.05, 4.69) is 5.32 Å². The second kappa shape index (κ2) is 8.64. The lowest BCUT2D eigenvalue weighted by Gasteiger charge is -2.14. The predicted molar refractivity (Wildman–Crippen MR) is 101 cm³/mol. The van der Waals surface area contributed by atoms with Crippen LogP contribution >= 0.6 is 23.5 Å². The average molecular weight is 397 g/mol. The molecule has 0 bridgehead atoms. The van der Waals surface area contributed by atoms with Crippen LogP contribution in [-0.2, 0) is 4.79 Å². The number of amides is 1. The summed E-state index contributed by atoms with van der Waals surface area (Å²) in [5.41, 5.74) is 1.31. The summed E-state index contributed by atoms with van der Waals surface area (Å²) in [6.45, 7) is -0.276. The molecule has 0 saturated carbocycles. The number of anilines is 1. The first-order valence-electron chi connectivity index (χ1n) is 7.85. The predicted octanol–water partition coefficient (Wildman–Crippen LogP) is 4.47.